The van der Waals surface area contributed by atoms with Crippen molar-refractivity contribution in [2.75, 3.05) is 0 Å². The third kappa shape index (κ3) is 3.09. The number of nitriles is 2. The number of allylic oxidation sites excluding steroid dienone is 1. The second kappa shape index (κ2) is 4.71. The number of nitrogens with zero attached hydrogens (tertiary/aromatic N) is 2. The van der Waals surface area contributed by atoms with E-state index in [-0.39, 0.29) is 11.1 Å². The zero-order valence-corrected chi connectivity index (χ0v) is 8.29. The van der Waals surface area contributed by atoms with Gasteiger partial charge in [-0.2, -0.15) is 10.5 Å². The largest absolute Gasteiger partial charge is 0.512 e. The summed E-state index contributed by atoms with van der Waals surface area (Å²) < 4.78 is 50.1. The van der Waals surface area contributed by atoms with E-state index in [2.05, 4.69) is 0 Å². The van der Waals surface area contributed by atoms with Crippen LogP contribution >= 0.6 is 0 Å². The zero-order chi connectivity index (χ0) is 13.1. The maximum absolute atomic E-state index is 12.9. The van der Waals surface area contributed by atoms with Crippen molar-refractivity contribution in [1.82, 2.24) is 0 Å². The van der Waals surface area contributed by atoms with E-state index >= 15 is 0 Å². The Balaban J connectivity index is 3.30. The summed E-state index contributed by atoms with van der Waals surface area (Å²) in [6.07, 6.45) is 0.963. The summed E-state index contributed by atoms with van der Waals surface area (Å²) in [7, 11) is 0. The minimum atomic E-state index is -5.46. The molecule has 0 saturated carbocycles. The lowest BCUT2D eigenvalue weighted by atomic mass is 9.79. The van der Waals surface area contributed by atoms with E-state index in [4.69, 9.17) is 10.5 Å². The van der Waals surface area contributed by atoms with Gasteiger partial charge in [0.05, 0.1) is 5.82 Å². The molecule has 0 heterocycles. The number of hydrogen-bond acceptors (Lipinski definition) is 2. The van der Waals surface area contributed by atoms with E-state index in [9.17, 15) is 17.3 Å². The highest BCUT2D eigenvalue weighted by Gasteiger charge is 2.28. The van der Waals surface area contributed by atoms with Crippen molar-refractivity contribution in [1.29, 1.82) is 10.5 Å². The van der Waals surface area contributed by atoms with Gasteiger partial charge in [0.2, 0.25) is 0 Å². The first-order valence-corrected chi connectivity index (χ1v) is 4.39. The van der Waals surface area contributed by atoms with Gasteiger partial charge in [-0.1, -0.05) is 17.6 Å². The van der Waals surface area contributed by atoms with E-state index in [1.54, 1.807) is 0 Å². The summed E-state index contributed by atoms with van der Waals surface area (Å²) in [5.41, 5.74) is -1.76. The van der Waals surface area contributed by atoms with Crippen LogP contribution < -0.4 is 5.46 Å². The van der Waals surface area contributed by atoms with E-state index in [1.807, 2.05) is 0 Å². The summed E-state index contributed by atoms with van der Waals surface area (Å²) in [5, 5.41) is 16.9. The van der Waals surface area contributed by atoms with Gasteiger partial charge in [-0.05, 0) is 17.7 Å². The van der Waals surface area contributed by atoms with E-state index in [0.717, 1.165) is 12.1 Å². The smallest absolute Gasteiger partial charge is 0.445 e. The molecule has 0 bridgehead atoms. The molecule has 0 aliphatic heterocycles. The van der Waals surface area contributed by atoms with Crippen LogP contribution in [0, 0.1) is 28.5 Å². The molecule has 0 unspecified atom stereocenters. The number of rotatable bonds is 2. The van der Waals surface area contributed by atoms with Crippen LogP contribution in [-0.2, 0) is 0 Å². The minimum Gasteiger partial charge on any atom is -0.445 e. The Kier molecular flexibility index (Phi) is 3.54. The van der Waals surface area contributed by atoms with Gasteiger partial charge in [-0.15, -0.1) is 0 Å². The van der Waals surface area contributed by atoms with Crippen LogP contribution in [0.4, 0.5) is 17.3 Å². The molecule has 1 rings (SSSR count). The van der Waals surface area contributed by atoms with Crippen LogP contribution in [0.2, 0.25) is 0 Å². The maximum Gasteiger partial charge on any atom is 0.512 e. The Labute approximate surface area is 94.5 Å². The van der Waals surface area contributed by atoms with Gasteiger partial charge < -0.3 is 12.9 Å². The fourth-order valence-corrected chi connectivity index (χ4v) is 1.16. The number of hydrogen-bond donors (Lipinski definition) is 0. The molecule has 7 heteroatoms. The Morgan fingerprint density at radius 2 is 1.76 bits per heavy atom. The van der Waals surface area contributed by atoms with Crippen LogP contribution in [-0.4, -0.2) is 6.98 Å². The molecule has 1 aromatic rings. The van der Waals surface area contributed by atoms with Gasteiger partial charge in [-0.25, -0.2) is 4.39 Å². The van der Waals surface area contributed by atoms with E-state index < -0.39 is 18.3 Å². The van der Waals surface area contributed by atoms with E-state index in [0.29, 0.717) is 12.1 Å². The predicted octanol–water partition coefficient (Wildman–Crippen LogP) is 2.31. The first-order chi connectivity index (χ1) is 7.88. The SMILES string of the molecule is N#CC(C#N)=Cc1ccc(F)c([B-](F)(F)F)c1. The first-order valence-electron chi connectivity index (χ1n) is 4.39. The predicted molar refractivity (Wildman–Crippen MR) is 54.3 cm³/mol. The molecule has 0 atom stereocenters. The van der Waals surface area contributed by atoms with Crippen LogP contribution in [0.15, 0.2) is 23.8 Å². The average Bonchev–Trinajstić information content (AvgIpc) is 2.26. The average molecular weight is 239 g/mol. The molecule has 0 saturated heterocycles. The van der Waals surface area contributed by atoms with Gasteiger partial charge >= 0.3 is 6.98 Å². The Morgan fingerprint density at radius 3 is 2.24 bits per heavy atom. The molecule has 0 N–H and O–H groups in total. The Hall–Kier alpha value is -2.28. The fraction of sp³-hybridized carbons (Fsp3) is 0. The molecular weight excluding hydrogens is 235 g/mol. The Morgan fingerprint density at radius 1 is 1.18 bits per heavy atom. The highest BCUT2D eigenvalue weighted by atomic mass is 19.4. The van der Waals surface area contributed by atoms with Crippen molar-refractivity contribution < 1.29 is 17.3 Å². The second-order valence-electron chi connectivity index (χ2n) is 3.14. The van der Waals surface area contributed by atoms with Crippen molar-refractivity contribution in [2.24, 2.45) is 0 Å². The molecule has 0 aromatic heterocycles. The van der Waals surface area contributed by atoms with Crippen molar-refractivity contribution in [3.63, 3.8) is 0 Å². The van der Waals surface area contributed by atoms with Crippen molar-refractivity contribution >= 4 is 18.5 Å². The van der Waals surface area contributed by atoms with Gasteiger partial charge in [0.15, 0.2) is 0 Å². The summed E-state index contributed by atoms with van der Waals surface area (Å²) >= 11 is 0. The third-order valence-corrected chi connectivity index (χ3v) is 1.92. The molecular formula is C10H4BF4N2-. The standard InChI is InChI=1S/C10H4BF4N2/c12-10-2-1-7(3-8(5-16)6-17)4-9(10)11(13,14)15/h1-4H/q-1. The van der Waals surface area contributed by atoms with Gasteiger partial charge in [0.25, 0.3) is 0 Å². The van der Waals surface area contributed by atoms with Crippen molar-refractivity contribution in [3.8, 4) is 12.1 Å². The molecule has 0 radical (unpaired) electrons. The minimum absolute atomic E-state index is 0.0429. The number of halogens is 4. The molecule has 0 fully saturated rings. The van der Waals surface area contributed by atoms with Crippen LogP contribution in [0.1, 0.15) is 5.56 Å². The van der Waals surface area contributed by atoms with Crippen molar-refractivity contribution in [3.05, 3.63) is 35.2 Å². The summed E-state index contributed by atoms with van der Waals surface area (Å²) in [4.78, 5) is 0. The molecule has 1 aromatic carbocycles. The van der Waals surface area contributed by atoms with Crippen LogP contribution in [0.25, 0.3) is 6.08 Å². The van der Waals surface area contributed by atoms with Gasteiger partial charge in [-0.3, -0.25) is 0 Å². The lowest BCUT2D eigenvalue weighted by molar-refractivity contribution is 0.494. The maximum atomic E-state index is 12.9. The third-order valence-electron chi connectivity index (χ3n) is 1.92. The van der Waals surface area contributed by atoms with Crippen molar-refractivity contribution in [2.45, 2.75) is 0 Å². The highest BCUT2D eigenvalue weighted by molar-refractivity contribution is 6.73. The summed E-state index contributed by atoms with van der Waals surface area (Å²) in [6.45, 7) is -5.46. The molecule has 0 aliphatic carbocycles. The van der Waals surface area contributed by atoms with Crippen LogP contribution in [0.3, 0.4) is 0 Å². The molecule has 17 heavy (non-hydrogen) atoms. The zero-order valence-electron chi connectivity index (χ0n) is 8.29. The van der Waals surface area contributed by atoms with Gasteiger partial charge in [0.1, 0.15) is 17.7 Å². The topological polar surface area (TPSA) is 47.6 Å². The Bertz CT molecular complexity index is 533. The molecule has 2 nitrogen and oxygen atoms in total. The molecule has 0 aliphatic rings. The molecule has 86 valence electrons. The lowest BCUT2D eigenvalue weighted by Gasteiger charge is -2.16. The summed E-state index contributed by atoms with van der Waals surface area (Å²) in [6, 6.07) is 5.30. The molecule has 0 spiro atoms. The number of benzene rings is 1. The quantitative estimate of drug-likeness (QED) is 0.451. The monoisotopic (exact) mass is 239 g/mol. The summed E-state index contributed by atoms with van der Waals surface area (Å²) in [5.74, 6) is -1.37. The second-order valence-corrected chi connectivity index (χ2v) is 3.14. The van der Waals surface area contributed by atoms with Gasteiger partial charge in [0, 0.05) is 0 Å². The normalized spacial score (nSPS) is 10.2. The highest BCUT2D eigenvalue weighted by Crippen LogP contribution is 2.14. The molecule has 0 amide bonds. The van der Waals surface area contributed by atoms with Crippen LogP contribution in [0.5, 0.6) is 0 Å². The fourth-order valence-electron chi connectivity index (χ4n) is 1.16. The lowest BCUT2D eigenvalue weighted by Crippen LogP contribution is -2.36. The van der Waals surface area contributed by atoms with E-state index in [1.165, 1.54) is 12.1 Å². The first kappa shape index (κ1) is 12.8.